The van der Waals surface area contributed by atoms with Gasteiger partial charge in [0.05, 0.1) is 12.0 Å². The highest BCUT2D eigenvalue weighted by atomic mass is 35.5. The van der Waals surface area contributed by atoms with Crippen LogP contribution in [0.1, 0.15) is 41.3 Å². The van der Waals surface area contributed by atoms with Crippen LogP contribution in [0, 0.1) is 13.8 Å². The van der Waals surface area contributed by atoms with Gasteiger partial charge >= 0.3 is 0 Å². The van der Waals surface area contributed by atoms with E-state index in [1.807, 2.05) is 50.4 Å². The number of oxime groups is 1. The van der Waals surface area contributed by atoms with Gasteiger partial charge in [0.25, 0.3) is 0 Å². The van der Waals surface area contributed by atoms with Crippen LogP contribution in [0.25, 0.3) is 0 Å². The molecule has 0 saturated heterocycles. The van der Waals surface area contributed by atoms with Crippen molar-refractivity contribution in [2.45, 2.75) is 32.6 Å². The first-order valence-corrected chi connectivity index (χ1v) is 9.98. The van der Waals surface area contributed by atoms with Crippen LogP contribution in [-0.4, -0.2) is 23.0 Å². The maximum Gasteiger partial charge on any atom is 0.119 e. The van der Waals surface area contributed by atoms with E-state index in [9.17, 15) is 5.21 Å². The number of halogens is 1. The molecule has 0 fully saturated rings. The van der Waals surface area contributed by atoms with E-state index in [0.717, 1.165) is 33.7 Å². The molecule has 1 aromatic heterocycles. The third kappa shape index (κ3) is 4.28. The summed E-state index contributed by atoms with van der Waals surface area (Å²) in [5.74, 6) is 0.819. The third-order valence-corrected chi connectivity index (χ3v) is 5.41. The summed E-state index contributed by atoms with van der Waals surface area (Å²) in [6.45, 7) is 6.60. The number of nitrogens with zero attached hydrogens (tertiary/aromatic N) is 2. The zero-order chi connectivity index (χ0) is 20.9. The Morgan fingerprint density at radius 2 is 1.83 bits per heavy atom. The average molecular weight is 409 g/mol. The number of pyridine rings is 1. The highest BCUT2D eigenvalue weighted by Gasteiger charge is 2.37. The summed E-state index contributed by atoms with van der Waals surface area (Å²) in [7, 11) is 0. The van der Waals surface area contributed by atoms with Crippen LogP contribution in [0.3, 0.4) is 0 Å². The van der Waals surface area contributed by atoms with Gasteiger partial charge < -0.3 is 9.94 Å². The number of aromatic nitrogens is 1. The second-order valence-electron chi connectivity index (χ2n) is 7.01. The Hall–Kier alpha value is -2.85. The summed E-state index contributed by atoms with van der Waals surface area (Å²) in [5.41, 5.74) is 4.64. The molecule has 2 aromatic carbocycles. The van der Waals surface area contributed by atoms with Gasteiger partial charge in [-0.2, -0.15) is 0 Å². The maximum absolute atomic E-state index is 9.27. The molecule has 1 N–H and O–H groups in total. The lowest BCUT2D eigenvalue weighted by Crippen LogP contribution is -2.31. The van der Waals surface area contributed by atoms with E-state index < -0.39 is 5.41 Å². The molecule has 3 aromatic rings. The molecule has 1 heterocycles. The smallest absolute Gasteiger partial charge is 0.119 e. The number of hydrogen-bond acceptors (Lipinski definition) is 4. The Kier molecular flexibility index (Phi) is 6.55. The van der Waals surface area contributed by atoms with E-state index in [2.05, 4.69) is 41.3 Å². The molecule has 3 rings (SSSR count). The zero-order valence-corrected chi connectivity index (χ0v) is 17.6. The Labute approximate surface area is 176 Å². The maximum atomic E-state index is 9.27. The first-order chi connectivity index (χ1) is 14.0. The molecular weight excluding hydrogens is 384 g/mol. The van der Waals surface area contributed by atoms with Gasteiger partial charge in [-0.1, -0.05) is 29.8 Å². The molecule has 0 aliphatic carbocycles. The van der Waals surface area contributed by atoms with Crippen molar-refractivity contribution in [1.82, 2.24) is 4.98 Å². The van der Waals surface area contributed by atoms with Crippen molar-refractivity contribution < 1.29 is 9.94 Å². The lowest BCUT2D eigenvalue weighted by molar-refractivity contribution is 0.319. The molecule has 1 atom stereocenters. The third-order valence-electron chi connectivity index (χ3n) is 5.17. The van der Waals surface area contributed by atoms with Crippen LogP contribution in [0.15, 0.2) is 65.9 Å². The Bertz CT molecular complexity index is 1000. The highest BCUT2D eigenvalue weighted by molar-refractivity contribution is 6.30. The van der Waals surface area contributed by atoms with Crippen LogP contribution in [0.2, 0.25) is 5.02 Å². The molecule has 5 heteroatoms. The number of benzene rings is 2. The van der Waals surface area contributed by atoms with Gasteiger partial charge in [0.2, 0.25) is 0 Å². The van der Waals surface area contributed by atoms with Crippen LogP contribution < -0.4 is 4.74 Å². The van der Waals surface area contributed by atoms with E-state index >= 15 is 0 Å². The van der Waals surface area contributed by atoms with Crippen LogP contribution in [0.5, 0.6) is 5.75 Å². The van der Waals surface area contributed by atoms with E-state index in [-0.39, 0.29) is 0 Å². The minimum absolute atomic E-state index is 0.476. The van der Waals surface area contributed by atoms with E-state index in [4.69, 9.17) is 16.3 Å². The monoisotopic (exact) mass is 408 g/mol. The van der Waals surface area contributed by atoms with E-state index in [0.29, 0.717) is 18.1 Å². The first-order valence-electron chi connectivity index (χ1n) is 9.60. The first kappa shape index (κ1) is 20.9. The summed E-state index contributed by atoms with van der Waals surface area (Å²) in [4.78, 5) is 4.37. The molecule has 0 saturated carbocycles. The van der Waals surface area contributed by atoms with Crippen molar-refractivity contribution in [2.75, 3.05) is 6.61 Å². The summed E-state index contributed by atoms with van der Waals surface area (Å²) in [6.07, 6.45) is 3.83. The molecule has 0 amide bonds. The summed E-state index contributed by atoms with van der Waals surface area (Å²) in [5, 5.41) is 13.3. The molecule has 4 nitrogen and oxygen atoms in total. The second kappa shape index (κ2) is 9.10. The van der Waals surface area contributed by atoms with Gasteiger partial charge in [0, 0.05) is 29.5 Å². The fourth-order valence-corrected chi connectivity index (χ4v) is 4.15. The Balaban J connectivity index is 2.32. The number of ether oxygens (including phenoxy) is 1. The van der Waals surface area contributed by atoms with Crippen LogP contribution in [0.4, 0.5) is 0 Å². The minimum atomic E-state index is -0.570. The fourth-order valence-electron chi connectivity index (χ4n) is 3.92. The summed E-state index contributed by atoms with van der Waals surface area (Å²) in [6, 6.07) is 18.1. The Morgan fingerprint density at radius 3 is 2.45 bits per heavy atom. The van der Waals surface area contributed by atoms with Gasteiger partial charge in [0.1, 0.15) is 5.75 Å². The van der Waals surface area contributed by atoms with Crippen LogP contribution in [-0.2, 0) is 5.41 Å². The number of hydrogen-bond donors (Lipinski definition) is 1. The normalized spacial score (nSPS) is 13.4. The molecule has 0 aliphatic rings. The van der Waals surface area contributed by atoms with Gasteiger partial charge in [0.15, 0.2) is 0 Å². The van der Waals surface area contributed by atoms with Crippen molar-refractivity contribution in [3.63, 3.8) is 0 Å². The topological polar surface area (TPSA) is 54.7 Å². The Morgan fingerprint density at radius 1 is 1.07 bits per heavy atom. The fraction of sp³-hybridized carbons (Fsp3) is 0.250. The lowest BCUT2D eigenvalue weighted by atomic mass is 9.66. The summed E-state index contributed by atoms with van der Waals surface area (Å²) >= 11 is 6.25. The van der Waals surface area contributed by atoms with Crippen molar-refractivity contribution in [1.29, 1.82) is 0 Å². The predicted octanol–water partition coefficient (Wildman–Crippen LogP) is 5.94. The largest absolute Gasteiger partial charge is 0.494 e. The average Bonchev–Trinajstić information content (AvgIpc) is 2.71. The van der Waals surface area contributed by atoms with Gasteiger partial charge in [-0.05, 0) is 79.4 Å². The molecule has 0 aliphatic heterocycles. The number of aryl methyl sites for hydroxylation is 2. The molecule has 29 heavy (non-hydrogen) atoms. The minimum Gasteiger partial charge on any atom is -0.494 e. The van der Waals surface area contributed by atoms with Crippen molar-refractivity contribution in [2.24, 2.45) is 5.16 Å². The molecule has 150 valence electrons. The molecular formula is C24H25ClN2O2. The molecule has 0 unspecified atom stereocenters. The second-order valence-corrected chi connectivity index (χ2v) is 7.45. The highest BCUT2D eigenvalue weighted by Crippen LogP contribution is 2.44. The quantitative estimate of drug-likeness (QED) is 0.299. The summed E-state index contributed by atoms with van der Waals surface area (Å²) < 4.78 is 5.63. The molecule has 0 radical (unpaired) electrons. The molecule has 0 spiro atoms. The molecule has 0 bridgehead atoms. The van der Waals surface area contributed by atoms with Crippen molar-refractivity contribution in [3.05, 3.63) is 93.8 Å². The zero-order valence-electron chi connectivity index (χ0n) is 16.9. The lowest BCUT2D eigenvalue weighted by Gasteiger charge is -2.36. The van der Waals surface area contributed by atoms with E-state index in [1.54, 1.807) is 6.21 Å². The van der Waals surface area contributed by atoms with Crippen LogP contribution >= 0.6 is 11.6 Å². The van der Waals surface area contributed by atoms with Crippen molar-refractivity contribution in [3.8, 4) is 5.75 Å². The van der Waals surface area contributed by atoms with Gasteiger partial charge in [-0.3, -0.25) is 4.98 Å². The SMILES string of the molecule is CCOc1ccc([C@@](C/C=N/O)(c2ccnc(C)c2)c2ccc(Cl)cc2C)cc1. The number of rotatable bonds is 7. The van der Waals surface area contributed by atoms with Gasteiger partial charge in [-0.25, -0.2) is 0 Å². The van der Waals surface area contributed by atoms with E-state index in [1.165, 1.54) is 0 Å². The van der Waals surface area contributed by atoms with Crippen molar-refractivity contribution >= 4 is 17.8 Å². The predicted molar refractivity (Wildman–Crippen MR) is 118 cm³/mol. The standard InChI is InChI=1S/C24H25ClN2O2/c1-4-29-22-8-5-19(6-9-22)24(12-14-27-28,20-11-13-26-18(3)16-20)23-10-7-21(25)15-17(23)2/h5-11,13-16,28H,4,12H2,1-3H3/b27-14+/t24-/m0/s1. The van der Waals surface area contributed by atoms with Gasteiger partial charge in [-0.15, -0.1) is 5.16 Å².